The van der Waals surface area contributed by atoms with Gasteiger partial charge in [-0.15, -0.1) is 10.2 Å². The van der Waals surface area contributed by atoms with E-state index >= 15 is 0 Å². The predicted molar refractivity (Wildman–Crippen MR) is 136 cm³/mol. The Morgan fingerprint density at radius 3 is 2.19 bits per heavy atom. The summed E-state index contributed by atoms with van der Waals surface area (Å²) in [5, 5.41) is 11.6. The molecule has 4 aromatic rings. The topological polar surface area (TPSA) is 101 Å². The number of benzene rings is 3. The molecule has 5 rings (SSSR count). The van der Waals surface area contributed by atoms with Crippen molar-refractivity contribution in [3.05, 3.63) is 106 Å². The second-order valence-corrected chi connectivity index (χ2v) is 8.96. The Labute approximate surface area is 210 Å². The van der Waals surface area contributed by atoms with Gasteiger partial charge < -0.3 is 4.74 Å². The smallest absolute Gasteiger partial charge is 0.261 e. The van der Waals surface area contributed by atoms with Crippen LogP contribution in [0.4, 0.5) is 5.13 Å². The van der Waals surface area contributed by atoms with Gasteiger partial charge in [0.05, 0.1) is 24.8 Å². The predicted octanol–water partition coefficient (Wildman–Crippen LogP) is 4.52. The molecule has 0 unspecified atom stereocenters. The summed E-state index contributed by atoms with van der Waals surface area (Å²) in [7, 11) is 1.60. The number of nitrogens with zero attached hydrogens (tertiary/aromatic N) is 3. The lowest BCUT2D eigenvalue weighted by molar-refractivity contribution is -0.111. The molecule has 0 spiro atoms. The fourth-order valence-corrected chi connectivity index (χ4v) is 4.54. The molecular weight excluding hydrogens is 476 g/mol. The SMILES string of the molecule is COc1ccc(/C=C(/C(=O)Nc2nnc(CN3C(=O)c4ccccc4C3=O)s2)c2ccccc2)cc1. The average molecular weight is 497 g/mol. The number of amides is 3. The normalized spacial score (nSPS) is 13.0. The fourth-order valence-electron chi connectivity index (χ4n) is 3.81. The number of methoxy groups -OCH3 is 1. The largest absolute Gasteiger partial charge is 0.497 e. The van der Waals surface area contributed by atoms with Crippen LogP contribution in [0, 0.1) is 0 Å². The number of imide groups is 1. The second-order valence-electron chi connectivity index (χ2n) is 7.89. The molecule has 0 aliphatic carbocycles. The molecule has 3 amide bonds. The molecule has 0 fully saturated rings. The summed E-state index contributed by atoms with van der Waals surface area (Å²) in [4.78, 5) is 39.7. The molecule has 0 atom stereocenters. The van der Waals surface area contributed by atoms with E-state index in [9.17, 15) is 14.4 Å². The Morgan fingerprint density at radius 2 is 1.56 bits per heavy atom. The highest BCUT2D eigenvalue weighted by molar-refractivity contribution is 7.15. The lowest BCUT2D eigenvalue weighted by Gasteiger charge is -2.10. The van der Waals surface area contributed by atoms with Crippen LogP contribution in [0.1, 0.15) is 36.9 Å². The second kappa shape index (κ2) is 9.93. The molecule has 1 N–H and O–H groups in total. The van der Waals surface area contributed by atoms with Gasteiger partial charge in [-0.2, -0.15) is 0 Å². The number of ether oxygens (including phenoxy) is 1. The maximum atomic E-state index is 13.3. The monoisotopic (exact) mass is 496 g/mol. The molecule has 0 saturated heterocycles. The van der Waals surface area contributed by atoms with Gasteiger partial charge in [-0.1, -0.05) is 65.9 Å². The molecule has 1 aromatic heterocycles. The first-order valence-corrected chi connectivity index (χ1v) is 11.9. The van der Waals surface area contributed by atoms with E-state index in [1.807, 2.05) is 54.6 Å². The van der Waals surface area contributed by atoms with Gasteiger partial charge >= 0.3 is 0 Å². The van der Waals surface area contributed by atoms with Crippen LogP contribution in [0.3, 0.4) is 0 Å². The van der Waals surface area contributed by atoms with Gasteiger partial charge in [0.2, 0.25) is 5.13 Å². The Balaban J connectivity index is 1.34. The van der Waals surface area contributed by atoms with Gasteiger partial charge in [0, 0.05) is 5.57 Å². The molecule has 178 valence electrons. The van der Waals surface area contributed by atoms with Crippen molar-refractivity contribution in [1.82, 2.24) is 15.1 Å². The maximum Gasteiger partial charge on any atom is 0.261 e. The van der Waals surface area contributed by atoms with E-state index < -0.39 is 0 Å². The number of rotatable bonds is 7. The quantitative estimate of drug-likeness (QED) is 0.229. The number of carbonyl (C=O) groups excluding carboxylic acids is 3. The summed E-state index contributed by atoms with van der Waals surface area (Å²) in [6.07, 6.45) is 1.78. The third-order valence-corrected chi connectivity index (χ3v) is 6.44. The minimum Gasteiger partial charge on any atom is -0.497 e. The first-order chi connectivity index (χ1) is 17.5. The zero-order valence-electron chi connectivity index (χ0n) is 19.2. The number of hydrogen-bond acceptors (Lipinski definition) is 7. The van der Waals surface area contributed by atoms with Crippen LogP contribution in [-0.4, -0.2) is 39.9 Å². The molecule has 0 radical (unpaired) electrons. The maximum absolute atomic E-state index is 13.3. The highest BCUT2D eigenvalue weighted by Gasteiger charge is 2.35. The van der Waals surface area contributed by atoms with E-state index in [4.69, 9.17) is 4.74 Å². The van der Waals surface area contributed by atoms with Crippen LogP contribution in [0.5, 0.6) is 5.75 Å². The number of aromatic nitrogens is 2. The van der Waals surface area contributed by atoms with Crippen molar-refractivity contribution in [1.29, 1.82) is 0 Å². The van der Waals surface area contributed by atoms with Gasteiger partial charge in [0.1, 0.15) is 10.8 Å². The Hall–Kier alpha value is -4.63. The van der Waals surface area contributed by atoms with Gasteiger partial charge in [-0.25, -0.2) is 0 Å². The highest BCUT2D eigenvalue weighted by atomic mass is 32.1. The number of anilines is 1. The van der Waals surface area contributed by atoms with Crippen molar-refractivity contribution in [2.24, 2.45) is 0 Å². The number of fused-ring (bicyclic) bond motifs is 1. The lowest BCUT2D eigenvalue weighted by Crippen LogP contribution is -2.29. The van der Waals surface area contributed by atoms with Crippen molar-refractivity contribution in [2.75, 3.05) is 12.4 Å². The van der Waals surface area contributed by atoms with Gasteiger partial charge in [0.25, 0.3) is 17.7 Å². The summed E-state index contributed by atoms with van der Waals surface area (Å²) < 4.78 is 5.21. The van der Waals surface area contributed by atoms with E-state index in [2.05, 4.69) is 15.5 Å². The van der Waals surface area contributed by atoms with Crippen LogP contribution in [-0.2, 0) is 11.3 Å². The van der Waals surface area contributed by atoms with Crippen LogP contribution >= 0.6 is 11.3 Å². The van der Waals surface area contributed by atoms with Crippen molar-refractivity contribution in [3.8, 4) is 5.75 Å². The lowest BCUT2D eigenvalue weighted by atomic mass is 10.0. The average Bonchev–Trinajstić information content (AvgIpc) is 3.46. The molecule has 2 heterocycles. The van der Waals surface area contributed by atoms with E-state index in [0.29, 0.717) is 21.7 Å². The van der Waals surface area contributed by atoms with Gasteiger partial charge in [0.15, 0.2) is 0 Å². The van der Waals surface area contributed by atoms with E-state index in [1.165, 1.54) is 0 Å². The number of hydrogen-bond donors (Lipinski definition) is 1. The number of nitrogens with one attached hydrogen (secondary N) is 1. The first kappa shape index (κ1) is 23.1. The standard InChI is InChI=1S/C27H20N4O4S/c1-35-19-13-11-17(12-14-19)15-22(18-7-3-2-4-8-18)24(32)28-27-30-29-23(36-27)16-31-25(33)20-9-5-6-10-21(20)26(31)34/h2-15H,16H2,1H3,(H,28,30,32)/b22-15+. The molecule has 8 nitrogen and oxygen atoms in total. The molecule has 1 aliphatic rings. The summed E-state index contributed by atoms with van der Waals surface area (Å²) in [6.45, 7) is -0.0207. The molecule has 9 heteroatoms. The zero-order valence-corrected chi connectivity index (χ0v) is 20.0. The van der Waals surface area contributed by atoms with Crippen molar-refractivity contribution < 1.29 is 19.1 Å². The van der Waals surface area contributed by atoms with Crippen molar-refractivity contribution in [2.45, 2.75) is 6.54 Å². The summed E-state index contributed by atoms with van der Waals surface area (Å²) in [5.74, 6) is -0.381. The molecule has 1 aliphatic heterocycles. The summed E-state index contributed by atoms with van der Waals surface area (Å²) in [6, 6.07) is 23.3. The molecular formula is C27H20N4O4S. The number of carbonyl (C=O) groups is 3. The van der Waals surface area contributed by atoms with E-state index in [-0.39, 0.29) is 29.4 Å². The highest BCUT2D eigenvalue weighted by Crippen LogP contribution is 2.27. The van der Waals surface area contributed by atoms with Crippen LogP contribution in [0.25, 0.3) is 11.6 Å². The fraction of sp³-hybridized carbons (Fsp3) is 0.0741. The van der Waals surface area contributed by atoms with Crippen molar-refractivity contribution in [3.63, 3.8) is 0 Å². The minimum absolute atomic E-state index is 0.0207. The first-order valence-electron chi connectivity index (χ1n) is 11.0. The van der Waals surface area contributed by atoms with Crippen molar-refractivity contribution >= 4 is 45.8 Å². The van der Waals surface area contributed by atoms with Gasteiger partial charge in [-0.3, -0.25) is 24.6 Å². The van der Waals surface area contributed by atoms with Gasteiger partial charge in [-0.05, 0) is 41.5 Å². The molecule has 3 aromatic carbocycles. The molecule has 36 heavy (non-hydrogen) atoms. The molecule has 0 bridgehead atoms. The third kappa shape index (κ3) is 4.64. The molecule has 0 saturated carbocycles. The van der Waals surface area contributed by atoms with E-state index in [1.54, 1.807) is 37.5 Å². The Kier molecular flexibility index (Phi) is 6.38. The Morgan fingerprint density at radius 1 is 0.917 bits per heavy atom. The summed E-state index contributed by atoms with van der Waals surface area (Å²) >= 11 is 1.11. The van der Waals surface area contributed by atoms with Crippen LogP contribution in [0.15, 0.2) is 78.9 Å². The van der Waals surface area contributed by atoms with E-state index in [0.717, 1.165) is 33.1 Å². The Bertz CT molecular complexity index is 1440. The van der Waals surface area contributed by atoms with Crippen LogP contribution < -0.4 is 10.1 Å². The zero-order chi connectivity index (χ0) is 25.1. The third-order valence-electron chi connectivity index (χ3n) is 5.62. The summed E-state index contributed by atoms with van der Waals surface area (Å²) in [5.41, 5.74) is 2.75. The van der Waals surface area contributed by atoms with Crippen LogP contribution in [0.2, 0.25) is 0 Å². The minimum atomic E-state index is -0.370.